The number of hydrogen-bond donors (Lipinski definition) is 2. The van der Waals surface area contributed by atoms with E-state index in [9.17, 15) is 0 Å². The van der Waals surface area contributed by atoms with Gasteiger partial charge in [-0.1, -0.05) is 97.1 Å². The molecule has 0 fully saturated rings. The molecule has 0 radical (unpaired) electrons. The van der Waals surface area contributed by atoms with Crippen molar-refractivity contribution in [2.45, 2.75) is 25.8 Å². The summed E-state index contributed by atoms with van der Waals surface area (Å²) < 4.78 is 0. The van der Waals surface area contributed by atoms with Gasteiger partial charge in [0.1, 0.15) is 0 Å². The van der Waals surface area contributed by atoms with Gasteiger partial charge in [-0.3, -0.25) is 4.90 Å². The Kier molecular flexibility index (Phi) is 5.85. The number of aromatic nitrogens is 1. The van der Waals surface area contributed by atoms with Crippen molar-refractivity contribution in [3.63, 3.8) is 0 Å². The maximum absolute atomic E-state index is 7.05. The van der Waals surface area contributed by atoms with Gasteiger partial charge in [0.2, 0.25) is 0 Å². The average molecular weight is 458 g/mol. The Morgan fingerprint density at radius 3 is 2.03 bits per heavy atom. The summed E-state index contributed by atoms with van der Waals surface area (Å²) in [4.78, 5) is 6.31. The van der Waals surface area contributed by atoms with E-state index in [1.807, 2.05) is 0 Å². The monoisotopic (exact) mass is 457 g/mol. The first-order valence-electron chi connectivity index (χ1n) is 12.6. The van der Waals surface area contributed by atoms with E-state index in [0.717, 1.165) is 44.6 Å². The maximum atomic E-state index is 7.05. The van der Waals surface area contributed by atoms with Gasteiger partial charge >= 0.3 is 0 Å². The van der Waals surface area contributed by atoms with Gasteiger partial charge < -0.3 is 10.7 Å². The number of nitrogens with two attached hydrogens (primary N) is 1. The van der Waals surface area contributed by atoms with Gasteiger partial charge in [0.05, 0.1) is 0 Å². The summed E-state index contributed by atoms with van der Waals surface area (Å²) in [5, 5.41) is 2.43. The van der Waals surface area contributed by atoms with Gasteiger partial charge in [0, 0.05) is 48.0 Å². The Labute approximate surface area is 206 Å². The van der Waals surface area contributed by atoms with Crippen molar-refractivity contribution < 1.29 is 0 Å². The predicted octanol–water partition coefficient (Wildman–Crippen LogP) is 4.37. The van der Waals surface area contributed by atoms with E-state index in [4.69, 9.17) is 5.73 Å². The Morgan fingerprint density at radius 2 is 1.37 bits per heavy atom. The normalized spacial score (nSPS) is 15.7. The van der Waals surface area contributed by atoms with Crippen molar-refractivity contribution in [1.29, 1.82) is 0 Å². The van der Waals surface area contributed by atoms with Gasteiger partial charge in [-0.05, 0) is 46.2 Å². The van der Waals surface area contributed by atoms with Crippen LogP contribution >= 0.6 is 0 Å². The van der Waals surface area contributed by atoms with Crippen LogP contribution in [0.15, 0.2) is 96.6 Å². The Morgan fingerprint density at radius 1 is 0.771 bits per heavy atom. The summed E-state index contributed by atoms with van der Waals surface area (Å²) in [5.41, 5.74) is 17.0. The second-order valence-corrected chi connectivity index (χ2v) is 9.54. The van der Waals surface area contributed by atoms with Crippen LogP contribution < -0.4 is 16.3 Å². The molecule has 4 aromatic rings. The predicted molar refractivity (Wildman–Crippen MR) is 145 cm³/mol. The lowest BCUT2D eigenvalue weighted by Crippen LogP contribution is -2.35. The minimum absolute atomic E-state index is 0.831. The zero-order valence-corrected chi connectivity index (χ0v) is 20.0. The number of rotatable bonds is 4. The van der Waals surface area contributed by atoms with Crippen molar-refractivity contribution in [2.75, 3.05) is 13.1 Å². The summed E-state index contributed by atoms with van der Waals surface area (Å²) in [5.74, 6) is 0. The van der Waals surface area contributed by atoms with Gasteiger partial charge in [-0.2, -0.15) is 0 Å². The van der Waals surface area contributed by atoms with E-state index in [1.165, 1.54) is 49.7 Å². The molecule has 1 aliphatic carbocycles. The molecule has 3 heteroatoms. The van der Waals surface area contributed by atoms with Crippen LogP contribution in [0.2, 0.25) is 0 Å². The van der Waals surface area contributed by atoms with E-state index in [0.29, 0.717) is 0 Å². The highest BCUT2D eigenvalue weighted by molar-refractivity contribution is 5.91. The Hall–Kier alpha value is -3.82. The Balaban J connectivity index is 1.43. The number of nitrogens with one attached hydrogen (secondary N) is 1. The number of benzene rings is 3. The molecule has 3 nitrogen and oxygen atoms in total. The van der Waals surface area contributed by atoms with Crippen LogP contribution in [0.3, 0.4) is 0 Å². The molecule has 1 aliphatic heterocycles. The zero-order valence-electron chi connectivity index (χ0n) is 20.0. The molecule has 2 aliphatic rings. The lowest BCUT2D eigenvalue weighted by atomic mass is 9.87. The molecule has 0 saturated heterocycles. The molecular formula is C32H31N3. The summed E-state index contributed by atoms with van der Waals surface area (Å²) >= 11 is 0. The largest absolute Gasteiger partial charge is 0.398 e. The molecule has 0 amide bonds. The zero-order chi connectivity index (χ0) is 23.6. The van der Waals surface area contributed by atoms with Crippen molar-refractivity contribution in [3.8, 4) is 0 Å². The van der Waals surface area contributed by atoms with Gasteiger partial charge in [-0.15, -0.1) is 0 Å². The van der Waals surface area contributed by atoms with Crippen LogP contribution in [0, 0.1) is 0 Å². The van der Waals surface area contributed by atoms with Gasteiger partial charge in [0.15, 0.2) is 0 Å². The molecular weight excluding hydrogens is 426 g/mol. The number of aromatic amines is 1. The van der Waals surface area contributed by atoms with E-state index in [1.54, 1.807) is 0 Å². The van der Waals surface area contributed by atoms with E-state index in [2.05, 4.69) is 107 Å². The van der Waals surface area contributed by atoms with Crippen LogP contribution in [0.1, 0.15) is 34.4 Å². The molecule has 0 unspecified atom stereocenters. The van der Waals surface area contributed by atoms with Crippen LogP contribution in [-0.2, 0) is 19.4 Å². The highest BCUT2D eigenvalue weighted by Gasteiger charge is 2.23. The third kappa shape index (κ3) is 4.24. The van der Waals surface area contributed by atoms with Gasteiger partial charge in [0.25, 0.3) is 0 Å². The molecule has 0 bridgehead atoms. The first-order valence-corrected chi connectivity index (χ1v) is 12.6. The smallest absolute Gasteiger partial charge is 0.0454 e. The first kappa shape index (κ1) is 21.7. The highest BCUT2D eigenvalue weighted by atomic mass is 15.1. The van der Waals surface area contributed by atoms with Crippen molar-refractivity contribution in [3.05, 3.63) is 135 Å². The molecule has 6 rings (SSSR count). The van der Waals surface area contributed by atoms with Crippen molar-refractivity contribution in [1.82, 2.24) is 9.88 Å². The van der Waals surface area contributed by atoms with Crippen LogP contribution in [0.5, 0.6) is 0 Å². The first-order chi connectivity index (χ1) is 17.3. The number of fused-ring (bicyclic) bond motifs is 3. The fourth-order valence-electron chi connectivity index (χ4n) is 5.64. The summed E-state index contributed by atoms with van der Waals surface area (Å²) in [6, 6.07) is 32.1. The summed E-state index contributed by atoms with van der Waals surface area (Å²) in [7, 11) is 0. The second kappa shape index (κ2) is 9.44. The summed E-state index contributed by atoms with van der Waals surface area (Å²) in [6.45, 7) is 3.10. The van der Waals surface area contributed by atoms with E-state index in [-0.39, 0.29) is 0 Å². The molecule has 0 saturated carbocycles. The molecule has 2 heterocycles. The summed E-state index contributed by atoms with van der Waals surface area (Å²) in [6.07, 6.45) is 5.21. The number of H-pyrrole nitrogens is 1. The van der Waals surface area contributed by atoms with Crippen LogP contribution in [0.25, 0.3) is 17.3 Å². The quantitative estimate of drug-likeness (QED) is 0.478. The van der Waals surface area contributed by atoms with Crippen molar-refractivity contribution in [2.24, 2.45) is 5.73 Å². The molecule has 174 valence electrons. The average Bonchev–Trinajstić information content (AvgIpc) is 3.16. The fraction of sp³-hybridized carbons (Fsp3) is 0.188. The number of nitrogens with zero attached hydrogens (tertiary/aromatic N) is 1. The fourth-order valence-corrected chi connectivity index (χ4v) is 5.64. The molecule has 3 aromatic carbocycles. The molecule has 3 N–H and O–H groups in total. The second-order valence-electron chi connectivity index (χ2n) is 9.54. The van der Waals surface area contributed by atoms with E-state index < -0.39 is 0 Å². The Bertz CT molecular complexity index is 1440. The molecule has 35 heavy (non-hydrogen) atoms. The van der Waals surface area contributed by atoms with Crippen molar-refractivity contribution >= 4 is 17.3 Å². The molecule has 0 atom stereocenters. The lowest BCUT2D eigenvalue weighted by Gasteiger charge is -2.20. The topological polar surface area (TPSA) is 45.1 Å². The molecule has 1 aromatic heterocycles. The van der Waals surface area contributed by atoms with Crippen LogP contribution in [-0.4, -0.2) is 23.0 Å². The third-order valence-electron chi connectivity index (χ3n) is 7.36. The van der Waals surface area contributed by atoms with Crippen LogP contribution in [0.4, 0.5) is 0 Å². The maximum Gasteiger partial charge on any atom is 0.0454 e. The highest BCUT2D eigenvalue weighted by Crippen LogP contribution is 2.32. The minimum Gasteiger partial charge on any atom is -0.398 e. The lowest BCUT2D eigenvalue weighted by molar-refractivity contribution is 0.278. The van der Waals surface area contributed by atoms with E-state index >= 15 is 0 Å². The minimum atomic E-state index is 0.831. The SMILES string of the molecule is NC1=c2c3c([nH]c2=CCC1=C(c1ccccc1)c1ccccc1)CCN(Cc1ccccc1)CC3. The van der Waals surface area contributed by atoms with Gasteiger partial charge in [-0.25, -0.2) is 0 Å². The third-order valence-corrected chi connectivity index (χ3v) is 7.36. The number of hydrogen-bond acceptors (Lipinski definition) is 2. The molecule has 0 spiro atoms. The standard InChI is InChI=1S/C32H31N3/c33-32-27(30(24-12-6-2-7-13-24)25-14-8-3-9-15-25)16-17-29-31(32)26-18-20-35(21-19-28(26)34-29)22-23-10-4-1-5-11-23/h1-15,17,34H,16,18-22,33H2.